The van der Waals surface area contributed by atoms with E-state index in [9.17, 15) is 4.79 Å². The number of nitrogens with zero attached hydrogens (tertiary/aromatic N) is 1. The zero-order valence-corrected chi connectivity index (χ0v) is 12.4. The molecule has 0 N–H and O–H groups in total. The fourth-order valence-electron chi connectivity index (χ4n) is 3.03. The lowest BCUT2D eigenvalue weighted by Crippen LogP contribution is -2.33. The first-order valence-electron chi connectivity index (χ1n) is 7.25. The largest absolute Gasteiger partial charge is 0.486 e. The normalized spacial score (nSPS) is 19.5. The van der Waals surface area contributed by atoms with Crippen LogP contribution in [0, 0.1) is 0 Å². The topological polar surface area (TPSA) is 47.9 Å². The van der Waals surface area contributed by atoms with E-state index in [1.54, 1.807) is 0 Å². The maximum absolute atomic E-state index is 12.1. The third-order valence-corrected chi connectivity index (χ3v) is 3.96. The van der Waals surface area contributed by atoms with Gasteiger partial charge in [-0.2, -0.15) is 0 Å². The van der Waals surface area contributed by atoms with Gasteiger partial charge in [0.25, 0.3) is 0 Å². The molecule has 0 saturated carbocycles. The van der Waals surface area contributed by atoms with E-state index >= 15 is 0 Å². The Kier molecular flexibility index (Phi) is 2.64. The van der Waals surface area contributed by atoms with Gasteiger partial charge in [0.2, 0.25) is 0 Å². The summed E-state index contributed by atoms with van der Waals surface area (Å²) in [5, 5.41) is 6.07. The molecule has 110 valence electrons. The van der Waals surface area contributed by atoms with Crippen LogP contribution in [0.1, 0.15) is 25.8 Å². The van der Waals surface area contributed by atoms with Crippen molar-refractivity contribution < 1.29 is 14.4 Å². The summed E-state index contributed by atoms with van der Waals surface area (Å²) in [5.41, 5.74) is 1.59. The van der Waals surface area contributed by atoms with Crippen LogP contribution >= 0.6 is 0 Å². The zero-order valence-electron chi connectivity index (χ0n) is 12.4. The van der Waals surface area contributed by atoms with Crippen LogP contribution in [0.2, 0.25) is 0 Å². The summed E-state index contributed by atoms with van der Waals surface area (Å²) in [6.45, 7) is 3.97. The quantitative estimate of drug-likeness (QED) is 0.754. The van der Waals surface area contributed by atoms with Gasteiger partial charge in [0, 0.05) is 12.0 Å². The van der Waals surface area contributed by atoms with E-state index in [2.05, 4.69) is 5.16 Å². The van der Waals surface area contributed by atoms with E-state index in [1.165, 1.54) is 0 Å². The summed E-state index contributed by atoms with van der Waals surface area (Å²) >= 11 is 0. The molecule has 22 heavy (non-hydrogen) atoms. The molecule has 0 fully saturated rings. The molecule has 0 radical (unpaired) electrons. The molecular formula is C18H15NO3. The van der Waals surface area contributed by atoms with E-state index in [0.717, 1.165) is 16.3 Å². The Morgan fingerprint density at radius 1 is 1.09 bits per heavy atom. The number of carbonyl (C=O) groups excluding carboxylic acids is 1. The van der Waals surface area contributed by atoms with Crippen LogP contribution in [-0.4, -0.2) is 17.3 Å². The number of rotatable bonds is 1. The molecule has 2 aromatic carbocycles. The fourth-order valence-corrected chi connectivity index (χ4v) is 3.03. The summed E-state index contributed by atoms with van der Waals surface area (Å²) < 4.78 is 6.15. The summed E-state index contributed by atoms with van der Waals surface area (Å²) in [5.74, 6) is 0.128. The van der Waals surface area contributed by atoms with E-state index in [4.69, 9.17) is 9.57 Å². The molecule has 4 nitrogen and oxygen atoms in total. The molecule has 0 aromatic heterocycles. The van der Waals surface area contributed by atoms with Gasteiger partial charge in [-0.25, -0.2) is 4.79 Å². The summed E-state index contributed by atoms with van der Waals surface area (Å²) in [7, 11) is 0. The maximum atomic E-state index is 12.1. The SMILES string of the molecule is CC1(C)CC2=NOC(=O)C2=C(c2cccc3ccccc23)O1. The smallest absolute Gasteiger partial charge is 0.371 e. The van der Waals surface area contributed by atoms with Crippen LogP contribution in [-0.2, 0) is 14.4 Å². The average Bonchev–Trinajstić information content (AvgIpc) is 2.85. The third-order valence-electron chi connectivity index (χ3n) is 3.96. The first-order chi connectivity index (χ1) is 10.6. The van der Waals surface area contributed by atoms with E-state index < -0.39 is 11.6 Å². The Labute approximate surface area is 128 Å². The highest BCUT2D eigenvalue weighted by Gasteiger charge is 2.41. The minimum atomic E-state index is -0.437. The minimum Gasteiger partial charge on any atom is -0.486 e. The minimum absolute atomic E-state index is 0.428. The second-order valence-corrected chi connectivity index (χ2v) is 6.19. The predicted molar refractivity (Wildman–Crippen MR) is 84.2 cm³/mol. The summed E-state index contributed by atoms with van der Waals surface area (Å²) in [6.07, 6.45) is 0.558. The number of benzene rings is 2. The predicted octanol–water partition coefficient (Wildman–Crippen LogP) is 3.66. The van der Waals surface area contributed by atoms with E-state index in [0.29, 0.717) is 23.5 Å². The lowest BCUT2D eigenvalue weighted by Gasteiger charge is -2.32. The second kappa shape index (κ2) is 4.44. The zero-order chi connectivity index (χ0) is 15.3. The first-order valence-corrected chi connectivity index (χ1v) is 7.25. The van der Waals surface area contributed by atoms with Crippen LogP contribution < -0.4 is 0 Å². The van der Waals surface area contributed by atoms with Gasteiger partial charge in [0.1, 0.15) is 22.6 Å². The van der Waals surface area contributed by atoms with Gasteiger partial charge in [-0.1, -0.05) is 47.6 Å². The van der Waals surface area contributed by atoms with Crippen molar-refractivity contribution in [1.29, 1.82) is 0 Å². The van der Waals surface area contributed by atoms with Gasteiger partial charge in [0.05, 0.1) is 0 Å². The van der Waals surface area contributed by atoms with Crippen molar-refractivity contribution in [3.63, 3.8) is 0 Å². The van der Waals surface area contributed by atoms with Crippen molar-refractivity contribution in [3.05, 3.63) is 53.6 Å². The molecule has 2 aromatic rings. The molecule has 2 aliphatic heterocycles. The van der Waals surface area contributed by atoms with Crippen LogP contribution in [0.5, 0.6) is 0 Å². The number of oxime groups is 1. The Hall–Kier alpha value is -2.62. The van der Waals surface area contributed by atoms with Crippen LogP contribution in [0.15, 0.2) is 53.2 Å². The highest BCUT2D eigenvalue weighted by Crippen LogP contribution is 2.39. The maximum Gasteiger partial charge on any atom is 0.371 e. The van der Waals surface area contributed by atoms with Crippen LogP contribution in [0.25, 0.3) is 16.5 Å². The van der Waals surface area contributed by atoms with Gasteiger partial charge in [0.15, 0.2) is 0 Å². The van der Waals surface area contributed by atoms with E-state index in [-0.39, 0.29) is 0 Å². The first kappa shape index (κ1) is 13.1. The lowest BCUT2D eigenvalue weighted by molar-refractivity contribution is -0.136. The van der Waals surface area contributed by atoms with Crippen molar-refractivity contribution >= 4 is 28.2 Å². The Balaban J connectivity index is 2.01. The van der Waals surface area contributed by atoms with Crippen molar-refractivity contribution in [2.75, 3.05) is 0 Å². The van der Waals surface area contributed by atoms with Gasteiger partial charge < -0.3 is 9.57 Å². The molecule has 0 spiro atoms. The van der Waals surface area contributed by atoms with Crippen molar-refractivity contribution in [2.45, 2.75) is 25.9 Å². The average molecular weight is 293 g/mol. The molecular weight excluding hydrogens is 278 g/mol. The number of ether oxygens (including phenoxy) is 1. The van der Waals surface area contributed by atoms with Crippen molar-refractivity contribution in [2.24, 2.45) is 5.16 Å². The molecule has 4 heteroatoms. The monoisotopic (exact) mass is 293 g/mol. The van der Waals surface area contributed by atoms with Crippen LogP contribution in [0.4, 0.5) is 0 Å². The van der Waals surface area contributed by atoms with Gasteiger partial charge in [-0.3, -0.25) is 0 Å². The number of fused-ring (bicyclic) bond motifs is 2. The van der Waals surface area contributed by atoms with Crippen molar-refractivity contribution in [3.8, 4) is 0 Å². The number of hydrogen-bond donors (Lipinski definition) is 0. The molecule has 0 saturated heterocycles. The molecule has 0 bridgehead atoms. The molecule has 2 heterocycles. The Morgan fingerprint density at radius 3 is 2.73 bits per heavy atom. The molecule has 0 unspecified atom stereocenters. The second-order valence-electron chi connectivity index (χ2n) is 6.19. The standard InChI is InChI=1S/C18H15NO3/c1-18(2)10-14-15(17(20)22-19-14)16(21-18)13-9-5-7-11-6-3-4-8-12(11)13/h3-9H,10H2,1-2H3. The number of carbonyl (C=O) groups is 1. The fraction of sp³-hybridized carbons (Fsp3) is 0.222. The molecule has 0 amide bonds. The summed E-state index contributed by atoms with van der Waals surface area (Å²) in [4.78, 5) is 16.9. The molecule has 4 rings (SSSR count). The Morgan fingerprint density at radius 2 is 1.86 bits per heavy atom. The van der Waals surface area contributed by atoms with Gasteiger partial charge in [-0.15, -0.1) is 0 Å². The van der Waals surface area contributed by atoms with Crippen molar-refractivity contribution in [1.82, 2.24) is 0 Å². The highest BCUT2D eigenvalue weighted by atomic mass is 16.7. The summed E-state index contributed by atoms with van der Waals surface area (Å²) in [6, 6.07) is 14.0. The number of hydrogen-bond acceptors (Lipinski definition) is 4. The third kappa shape index (κ3) is 1.91. The van der Waals surface area contributed by atoms with Gasteiger partial charge in [-0.05, 0) is 24.6 Å². The molecule has 0 atom stereocenters. The highest BCUT2D eigenvalue weighted by molar-refractivity contribution is 6.27. The van der Waals surface area contributed by atoms with Gasteiger partial charge >= 0.3 is 5.97 Å². The molecule has 0 aliphatic carbocycles. The Bertz CT molecular complexity index is 856. The molecule has 2 aliphatic rings. The van der Waals surface area contributed by atoms with E-state index in [1.807, 2.05) is 56.3 Å². The lowest BCUT2D eigenvalue weighted by atomic mass is 9.89. The van der Waals surface area contributed by atoms with Crippen LogP contribution in [0.3, 0.4) is 0 Å².